The molecule has 6 heteroatoms. The Hall–Kier alpha value is -2.05. The highest BCUT2D eigenvalue weighted by molar-refractivity contribution is 5.99. The van der Waals surface area contributed by atoms with E-state index in [0.29, 0.717) is 32.0 Å². The summed E-state index contributed by atoms with van der Waals surface area (Å²) in [5.74, 6) is 0.295. The molecule has 0 aliphatic carbocycles. The number of H-pyrrole nitrogens is 1. The van der Waals surface area contributed by atoms with Crippen molar-refractivity contribution < 1.29 is 19.0 Å². The fraction of sp³-hybridized carbons (Fsp3) is 0.471. The standard InChI is InChI=1S/C17H20N2O4/c1-21-14-4-2-3-12-11-13(18-15(12)14)16(20)19-7-5-17(6-8-19)22-9-10-23-17/h2-4,11,18H,5-10H2,1H3. The lowest BCUT2D eigenvalue weighted by Crippen LogP contribution is -2.47. The molecule has 2 aliphatic rings. The smallest absolute Gasteiger partial charge is 0.270 e. The summed E-state index contributed by atoms with van der Waals surface area (Å²) in [5.41, 5.74) is 1.45. The number of benzene rings is 1. The fourth-order valence-corrected chi connectivity index (χ4v) is 3.42. The Balaban J connectivity index is 1.53. The zero-order valence-electron chi connectivity index (χ0n) is 13.1. The van der Waals surface area contributed by atoms with E-state index in [4.69, 9.17) is 14.2 Å². The van der Waals surface area contributed by atoms with E-state index < -0.39 is 5.79 Å². The maximum Gasteiger partial charge on any atom is 0.270 e. The molecule has 0 radical (unpaired) electrons. The predicted molar refractivity (Wildman–Crippen MR) is 84.6 cm³/mol. The second kappa shape index (κ2) is 5.54. The minimum Gasteiger partial charge on any atom is -0.495 e. The number of amides is 1. The fourth-order valence-electron chi connectivity index (χ4n) is 3.42. The molecule has 2 fully saturated rings. The van der Waals surface area contributed by atoms with Gasteiger partial charge < -0.3 is 24.1 Å². The first-order valence-corrected chi connectivity index (χ1v) is 7.94. The second-order valence-corrected chi connectivity index (χ2v) is 6.01. The topological polar surface area (TPSA) is 63.8 Å². The number of carbonyl (C=O) groups is 1. The number of aromatic nitrogens is 1. The number of likely N-dealkylation sites (tertiary alicyclic amines) is 1. The van der Waals surface area contributed by atoms with Crippen LogP contribution in [0.5, 0.6) is 5.75 Å². The normalized spacial score (nSPS) is 20.3. The first kappa shape index (κ1) is 14.5. The third-order valence-electron chi connectivity index (χ3n) is 4.69. The van der Waals surface area contributed by atoms with Gasteiger partial charge in [0.05, 0.1) is 25.8 Å². The Morgan fingerprint density at radius 2 is 2.00 bits per heavy atom. The molecule has 2 aromatic rings. The first-order valence-electron chi connectivity index (χ1n) is 7.94. The Bertz CT molecular complexity index is 723. The zero-order valence-corrected chi connectivity index (χ0v) is 13.1. The number of methoxy groups -OCH3 is 1. The molecule has 2 saturated heterocycles. The van der Waals surface area contributed by atoms with Gasteiger partial charge in [-0.2, -0.15) is 0 Å². The van der Waals surface area contributed by atoms with Gasteiger partial charge in [0.25, 0.3) is 5.91 Å². The highest BCUT2D eigenvalue weighted by Gasteiger charge is 2.41. The van der Waals surface area contributed by atoms with E-state index in [1.807, 2.05) is 29.2 Å². The van der Waals surface area contributed by atoms with Crippen molar-refractivity contribution in [3.63, 3.8) is 0 Å². The molecule has 122 valence electrons. The number of rotatable bonds is 2. The van der Waals surface area contributed by atoms with Gasteiger partial charge in [-0.1, -0.05) is 12.1 Å². The summed E-state index contributed by atoms with van der Waals surface area (Å²) in [5, 5.41) is 0.976. The molecule has 1 amide bonds. The molecule has 1 N–H and O–H groups in total. The Morgan fingerprint density at radius 3 is 2.70 bits per heavy atom. The van der Waals surface area contributed by atoms with Crippen molar-refractivity contribution in [3.8, 4) is 5.75 Å². The average Bonchev–Trinajstić information content (AvgIpc) is 3.21. The molecular formula is C17H20N2O4. The maximum absolute atomic E-state index is 12.7. The molecule has 0 saturated carbocycles. The van der Waals surface area contributed by atoms with Crippen LogP contribution < -0.4 is 4.74 Å². The van der Waals surface area contributed by atoms with Crippen molar-refractivity contribution in [1.82, 2.24) is 9.88 Å². The van der Waals surface area contributed by atoms with Crippen LogP contribution in [-0.4, -0.2) is 55.0 Å². The number of hydrogen-bond acceptors (Lipinski definition) is 4. The summed E-state index contributed by atoms with van der Waals surface area (Å²) < 4.78 is 16.8. The van der Waals surface area contributed by atoms with Crippen LogP contribution in [0.15, 0.2) is 24.3 Å². The first-order chi connectivity index (χ1) is 11.2. The lowest BCUT2D eigenvalue weighted by molar-refractivity contribution is -0.181. The minimum atomic E-state index is -0.458. The van der Waals surface area contributed by atoms with Gasteiger partial charge in [0.1, 0.15) is 11.4 Å². The van der Waals surface area contributed by atoms with E-state index in [1.165, 1.54) is 0 Å². The summed E-state index contributed by atoms with van der Waals surface area (Å²) in [4.78, 5) is 17.8. The summed E-state index contributed by atoms with van der Waals surface area (Å²) in [7, 11) is 1.63. The van der Waals surface area contributed by atoms with Gasteiger partial charge in [-0.05, 0) is 12.1 Å². The number of ether oxygens (including phenoxy) is 3. The Labute approximate surface area is 134 Å². The van der Waals surface area contributed by atoms with Crippen LogP contribution in [0, 0.1) is 0 Å². The lowest BCUT2D eigenvalue weighted by Gasteiger charge is -2.37. The maximum atomic E-state index is 12.7. The molecule has 0 bridgehead atoms. The molecule has 3 heterocycles. The van der Waals surface area contributed by atoms with Crippen LogP contribution in [0.2, 0.25) is 0 Å². The summed E-state index contributed by atoms with van der Waals surface area (Å²) >= 11 is 0. The van der Waals surface area contributed by atoms with Gasteiger partial charge in [0, 0.05) is 31.3 Å². The second-order valence-electron chi connectivity index (χ2n) is 6.01. The molecule has 6 nitrogen and oxygen atoms in total. The Morgan fingerprint density at radius 1 is 1.26 bits per heavy atom. The quantitative estimate of drug-likeness (QED) is 0.922. The number of para-hydroxylation sites is 1. The average molecular weight is 316 g/mol. The van der Waals surface area contributed by atoms with Crippen molar-refractivity contribution in [1.29, 1.82) is 0 Å². The molecule has 2 aliphatic heterocycles. The number of nitrogens with one attached hydrogen (secondary N) is 1. The van der Waals surface area contributed by atoms with E-state index in [0.717, 1.165) is 29.5 Å². The van der Waals surface area contributed by atoms with E-state index in [9.17, 15) is 4.79 Å². The van der Waals surface area contributed by atoms with Gasteiger partial charge in [-0.3, -0.25) is 4.79 Å². The van der Waals surface area contributed by atoms with E-state index >= 15 is 0 Å². The van der Waals surface area contributed by atoms with Crippen molar-refractivity contribution >= 4 is 16.8 Å². The number of hydrogen-bond donors (Lipinski definition) is 1. The third kappa shape index (κ3) is 2.48. The number of aromatic amines is 1. The molecule has 23 heavy (non-hydrogen) atoms. The molecule has 4 rings (SSSR count). The van der Waals surface area contributed by atoms with Crippen molar-refractivity contribution in [2.24, 2.45) is 0 Å². The molecular weight excluding hydrogens is 296 g/mol. The molecule has 0 unspecified atom stereocenters. The molecule has 1 aromatic carbocycles. The van der Waals surface area contributed by atoms with Gasteiger partial charge in [-0.15, -0.1) is 0 Å². The van der Waals surface area contributed by atoms with E-state index in [1.54, 1.807) is 7.11 Å². The van der Waals surface area contributed by atoms with Crippen molar-refractivity contribution in [3.05, 3.63) is 30.0 Å². The Kier molecular flexibility index (Phi) is 3.50. The van der Waals surface area contributed by atoms with Crippen LogP contribution in [0.3, 0.4) is 0 Å². The van der Waals surface area contributed by atoms with Crippen LogP contribution in [-0.2, 0) is 9.47 Å². The predicted octanol–water partition coefficient (Wildman–Crippen LogP) is 2.16. The van der Waals surface area contributed by atoms with Gasteiger partial charge in [0.2, 0.25) is 0 Å². The summed E-state index contributed by atoms with van der Waals surface area (Å²) in [6.45, 7) is 2.59. The van der Waals surface area contributed by atoms with Crippen molar-refractivity contribution in [2.75, 3.05) is 33.4 Å². The molecule has 1 spiro atoms. The van der Waals surface area contributed by atoms with Crippen LogP contribution in [0.4, 0.5) is 0 Å². The van der Waals surface area contributed by atoms with Crippen LogP contribution >= 0.6 is 0 Å². The zero-order chi connectivity index (χ0) is 15.9. The number of nitrogens with zero attached hydrogens (tertiary/aromatic N) is 1. The highest BCUT2D eigenvalue weighted by atomic mass is 16.7. The van der Waals surface area contributed by atoms with Crippen LogP contribution in [0.25, 0.3) is 10.9 Å². The van der Waals surface area contributed by atoms with Crippen molar-refractivity contribution in [2.45, 2.75) is 18.6 Å². The number of fused-ring (bicyclic) bond motifs is 1. The summed E-state index contributed by atoms with van der Waals surface area (Å²) in [6, 6.07) is 7.65. The third-order valence-corrected chi connectivity index (χ3v) is 4.69. The van der Waals surface area contributed by atoms with Gasteiger partial charge in [-0.25, -0.2) is 0 Å². The van der Waals surface area contributed by atoms with Gasteiger partial charge >= 0.3 is 0 Å². The molecule has 1 aromatic heterocycles. The van der Waals surface area contributed by atoms with E-state index in [-0.39, 0.29) is 5.91 Å². The minimum absolute atomic E-state index is 0.0103. The highest BCUT2D eigenvalue weighted by Crippen LogP contribution is 2.32. The molecule has 0 atom stereocenters. The summed E-state index contributed by atoms with van der Waals surface area (Å²) in [6.07, 6.45) is 1.45. The largest absolute Gasteiger partial charge is 0.495 e. The monoisotopic (exact) mass is 316 g/mol. The number of piperidine rings is 1. The SMILES string of the molecule is COc1cccc2cc(C(=O)N3CCC4(CC3)OCCO4)[nH]c12. The number of carbonyl (C=O) groups excluding carboxylic acids is 1. The van der Waals surface area contributed by atoms with Gasteiger partial charge in [0.15, 0.2) is 5.79 Å². The van der Waals surface area contributed by atoms with Crippen LogP contribution in [0.1, 0.15) is 23.3 Å². The van der Waals surface area contributed by atoms with E-state index in [2.05, 4.69) is 4.98 Å². The lowest BCUT2D eigenvalue weighted by atomic mass is 10.0.